The minimum atomic E-state index is -0.144. The number of fused-ring (bicyclic) bond motifs is 2. The Kier molecular flexibility index (Phi) is 4.22. The average Bonchev–Trinajstić information content (AvgIpc) is 3.32. The Morgan fingerprint density at radius 3 is 2.64 bits per heavy atom. The molecule has 3 atom stereocenters. The molecule has 2 aromatic rings. The molecule has 2 fully saturated rings. The van der Waals surface area contributed by atoms with E-state index in [0.717, 1.165) is 24.2 Å². The Morgan fingerprint density at radius 1 is 1.24 bits per heavy atom. The molecule has 0 radical (unpaired) electrons. The van der Waals surface area contributed by atoms with Gasteiger partial charge in [-0.15, -0.1) is 5.10 Å². The Labute approximate surface area is 148 Å². The zero-order valence-electron chi connectivity index (χ0n) is 13.7. The number of nitrogens with one attached hydrogen (secondary N) is 2. The first-order valence-corrected chi connectivity index (χ1v) is 9.09. The second kappa shape index (κ2) is 6.53. The Hall–Kier alpha value is -2.32. The number of hydrogen-bond donors (Lipinski definition) is 2. The van der Waals surface area contributed by atoms with E-state index in [9.17, 15) is 9.59 Å². The van der Waals surface area contributed by atoms with E-state index in [4.69, 9.17) is 4.74 Å². The molecule has 0 aliphatic carbocycles. The van der Waals surface area contributed by atoms with Crippen LogP contribution >= 0.6 is 11.3 Å². The maximum atomic E-state index is 12.4. The summed E-state index contributed by atoms with van der Waals surface area (Å²) in [5, 5.41) is 14.8. The van der Waals surface area contributed by atoms with Crippen molar-refractivity contribution in [3.8, 4) is 10.9 Å². The lowest BCUT2D eigenvalue weighted by Crippen LogP contribution is -2.42. The van der Waals surface area contributed by atoms with Gasteiger partial charge in [-0.3, -0.25) is 9.59 Å². The van der Waals surface area contributed by atoms with Crippen molar-refractivity contribution in [2.75, 3.05) is 0 Å². The van der Waals surface area contributed by atoms with Gasteiger partial charge in [0.1, 0.15) is 5.75 Å². The number of nitrogens with zero attached hydrogens (tertiary/aromatic N) is 2. The number of ketones is 1. The molecular weight excluding hydrogens is 340 g/mol. The van der Waals surface area contributed by atoms with Gasteiger partial charge in [0.2, 0.25) is 0 Å². The number of ether oxygens (including phenoxy) is 1. The minimum Gasteiger partial charge on any atom is -0.430 e. The Bertz CT molecular complexity index is 804. The quantitative estimate of drug-likeness (QED) is 0.796. The van der Waals surface area contributed by atoms with Crippen LogP contribution in [0.4, 0.5) is 0 Å². The van der Waals surface area contributed by atoms with Gasteiger partial charge in [0.05, 0.1) is 0 Å². The van der Waals surface area contributed by atoms with Gasteiger partial charge in [0, 0.05) is 30.6 Å². The van der Waals surface area contributed by atoms with Gasteiger partial charge in [-0.2, -0.15) is 0 Å². The lowest BCUT2D eigenvalue weighted by atomic mass is 9.95. The molecular formula is C17H18N4O3S. The van der Waals surface area contributed by atoms with Crippen molar-refractivity contribution in [2.24, 2.45) is 0 Å². The summed E-state index contributed by atoms with van der Waals surface area (Å²) in [6, 6.07) is 8.04. The number of benzene rings is 1. The van der Waals surface area contributed by atoms with Crippen molar-refractivity contribution in [3.05, 3.63) is 34.8 Å². The SMILES string of the molecule is CC(=O)c1nnc(Oc2ccc(C(=O)NC3CC4CCC3N4)cc2)s1. The lowest BCUT2D eigenvalue weighted by molar-refractivity contribution is 0.0930. The second-order valence-corrected chi connectivity index (χ2v) is 7.36. The topological polar surface area (TPSA) is 93.2 Å². The van der Waals surface area contributed by atoms with E-state index in [0.29, 0.717) is 33.6 Å². The van der Waals surface area contributed by atoms with Crippen LogP contribution in [0.25, 0.3) is 0 Å². The van der Waals surface area contributed by atoms with Crippen LogP contribution in [0.3, 0.4) is 0 Å². The summed E-state index contributed by atoms with van der Waals surface area (Å²) in [6.45, 7) is 1.43. The molecule has 1 aromatic heterocycles. The summed E-state index contributed by atoms with van der Waals surface area (Å²) in [5.41, 5.74) is 0.594. The van der Waals surface area contributed by atoms with Crippen LogP contribution in [-0.4, -0.2) is 40.0 Å². The molecule has 2 saturated heterocycles. The number of carbonyl (C=O) groups is 2. The van der Waals surface area contributed by atoms with Crippen molar-refractivity contribution >= 4 is 23.0 Å². The molecule has 2 bridgehead atoms. The summed E-state index contributed by atoms with van der Waals surface area (Å²) >= 11 is 1.09. The average molecular weight is 358 g/mol. The van der Waals surface area contributed by atoms with Crippen LogP contribution in [0.15, 0.2) is 24.3 Å². The van der Waals surface area contributed by atoms with E-state index in [1.54, 1.807) is 24.3 Å². The summed E-state index contributed by atoms with van der Waals surface area (Å²) in [7, 11) is 0. The van der Waals surface area contributed by atoms with Crippen LogP contribution in [0.2, 0.25) is 0 Å². The van der Waals surface area contributed by atoms with E-state index in [-0.39, 0.29) is 17.7 Å². The third-order valence-corrected chi connectivity index (χ3v) is 5.55. The molecule has 130 valence electrons. The van der Waals surface area contributed by atoms with Gasteiger partial charge in [-0.1, -0.05) is 16.4 Å². The zero-order chi connectivity index (χ0) is 17.4. The molecule has 3 unspecified atom stereocenters. The number of hydrogen-bond acceptors (Lipinski definition) is 7. The predicted octanol–water partition coefficient (Wildman–Crippen LogP) is 2.16. The molecule has 4 rings (SSSR count). The van der Waals surface area contributed by atoms with Crippen molar-refractivity contribution in [1.29, 1.82) is 0 Å². The summed E-state index contributed by atoms with van der Waals surface area (Å²) in [4.78, 5) is 23.6. The maximum absolute atomic E-state index is 12.4. The molecule has 3 heterocycles. The van der Waals surface area contributed by atoms with Gasteiger partial charge in [-0.05, 0) is 43.5 Å². The monoisotopic (exact) mass is 358 g/mol. The van der Waals surface area contributed by atoms with Gasteiger partial charge >= 0.3 is 0 Å². The summed E-state index contributed by atoms with van der Waals surface area (Å²) in [5.74, 6) is 0.333. The number of carbonyl (C=O) groups excluding carboxylic acids is 2. The highest BCUT2D eigenvalue weighted by Gasteiger charge is 2.39. The van der Waals surface area contributed by atoms with E-state index in [1.165, 1.54) is 13.3 Å². The number of Topliss-reactive ketones (excluding diaryl/α,β-unsaturated/α-hetero) is 1. The van der Waals surface area contributed by atoms with E-state index >= 15 is 0 Å². The Balaban J connectivity index is 1.37. The molecule has 0 spiro atoms. The maximum Gasteiger partial charge on any atom is 0.299 e. The minimum absolute atomic E-state index is 0.0688. The normalized spacial score (nSPS) is 24.3. The van der Waals surface area contributed by atoms with Crippen LogP contribution in [0, 0.1) is 0 Å². The zero-order valence-corrected chi connectivity index (χ0v) is 14.5. The predicted molar refractivity (Wildman–Crippen MR) is 92.2 cm³/mol. The van der Waals surface area contributed by atoms with Crippen molar-refractivity contribution < 1.29 is 14.3 Å². The first kappa shape index (κ1) is 16.2. The van der Waals surface area contributed by atoms with Gasteiger partial charge in [-0.25, -0.2) is 0 Å². The smallest absolute Gasteiger partial charge is 0.299 e. The fourth-order valence-corrected chi connectivity index (χ4v) is 4.01. The Morgan fingerprint density at radius 2 is 2.04 bits per heavy atom. The molecule has 0 saturated carbocycles. The van der Waals surface area contributed by atoms with Crippen molar-refractivity contribution in [2.45, 2.75) is 44.3 Å². The van der Waals surface area contributed by atoms with E-state index < -0.39 is 0 Å². The van der Waals surface area contributed by atoms with E-state index in [1.807, 2.05) is 0 Å². The van der Waals surface area contributed by atoms with Gasteiger partial charge in [0.25, 0.3) is 11.1 Å². The number of aromatic nitrogens is 2. The second-order valence-electron chi connectivity index (χ2n) is 6.42. The fraction of sp³-hybridized carbons (Fsp3) is 0.412. The van der Waals surface area contributed by atoms with Crippen molar-refractivity contribution in [1.82, 2.24) is 20.8 Å². The van der Waals surface area contributed by atoms with E-state index in [2.05, 4.69) is 20.8 Å². The molecule has 1 aromatic carbocycles. The van der Waals surface area contributed by atoms with Crippen molar-refractivity contribution in [3.63, 3.8) is 0 Å². The third-order valence-electron chi connectivity index (χ3n) is 4.65. The summed E-state index contributed by atoms with van der Waals surface area (Å²) < 4.78 is 5.57. The molecule has 7 nitrogen and oxygen atoms in total. The highest BCUT2D eigenvalue weighted by Crippen LogP contribution is 2.29. The van der Waals surface area contributed by atoms with Crippen LogP contribution in [0.5, 0.6) is 10.9 Å². The highest BCUT2D eigenvalue weighted by molar-refractivity contribution is 7.15. The number of rotatable bonds is 5. The van der Waals surface area contributed by atoms with Crippen LogP contribution in [-0.2, 0) is 0 Å². The summed E-state index contributed by atoms with van der Waals surface area (Å²) in [6.07, 6.45) is 3.35. The first-order chi connectivity index (χ1) is 12.1. The molecule has 2 aliphatic rings. The third kappa shape index (κ3) is 3.40. The molecule has 25 heavy (non-hydrogen) atoms. The fourth-order valence-electron chi connectivity index (χ4n) is 3.40. The number of amides is 1. The molecule has 2 N–H and O–H groups in total. The standard InChI is InChI=1S/C17H18N4O3S/c1-9(22)16-20-21-17(25-16)24-12-5-2-10(3-6-12)15(23)19-14-8-11-4-7-13(14)18-11/h2-3,5-6,11,13-14,18H,4,7-8H2,1H3,(H,19,23). The van der Waals surface area contributed by atoms with Gasteiger partial charge < -0.3 is 15.4 Å². The van der Waals surface area contributed by atoms with Gasteiger partial charge in [0.15, 0.2) is 10.8 Å². The van der Waals surface area contributed by atoms with Crippen LogP contribution < -0.4 is 15.4 Å². The first-order valence-electron chi connectivity index (χ1n) is 8.28. The largest absolute Gasteiger partial charge is 0.430 e. The van der Waals surface area contributed by atoms with Crippen LogP contribution in [0.1, 0.15) is 46.3 Å². The molecule has 8 heteroatoms. The molecule has 2 aliphatic heterocycles. The highest BCUT2D eigenvalue weighted by atomic mass is 32.1. The molecule has 1 amide bonds. The lowest BCUT2D eigenvalue weighted by Gasteiger charge is -2.21.